The van der Waals surface area contributed by atoms with E-state index < -0.39 is 11.7 Å². The van der Waals surface area contributed by atoms with Gasteiger partial charge in [0.25, 0.3) is 0 Å². The second-order valence-corrected chi connectivity index (χ2v) is 5.99. The van der Waals surface area contributed by atoms with E-state index in [2.05, 4.69) is 21.2 Å². The van der Waals surface area contributed by atoms with E-state index in [4.69, 9.17) is 9.47 Å². The second-order valence-electron chi connectivity index (χ2n) is 5.14. The Hall–Kier alpha value is -1.23. The second kappa shape index (κ2) is 4.80. The van der Waals surface area contributed by atoms with E-state index in [1.54, 1.807) is 0 Å². The molecule has 0 radical (unpaired) electrons. The van der Waals surface area contributed by atoms with Crippen LogP contribution in [-0.2, 0) is 9.53 Å². The summed E-state index contributed by atoms with van der Waals surface area (Å²) in [5.41, 5.74) is 0.374. The minimum atomic E-state index is -0.615. The van der Waals surface area contributed by atoms with E-state index in [9.17, 15) is 4.79 Å². The minimum Gasteiger partial charge on any atom is -0.473 e. The Bertz CT molecular complexity index is 468. The van der Waals surface area contributed by atoms with E-state index in [-0.39, 0.29) is 5.97 Å². The molecule has 1 unspecified atom stereocenters. The van der Waals surface area contributed by atoms with Crippen molar-refractivity contribution >= 4 is 27.6 Å². The number of fused-ring (bicyclic) bond motifs is 1. The highest BCUT2D eigenvalue weighted by Gasteiger charge is 2.31. The number of nitrogens with one attached hydrogen (secondary N) is 1. The molecule has 1 aromatic rings. The van der Waals surface area contributed by atoms with Gasteiger partial charge in [-0.15, -0.1) is 0 Å². The van der Waals surface area contributed by atoms with Gasteiger partial charge in [0.15, 0.2) is 5.75 Å². The fraction of sp³-hybridized carbons (Fsp3) is 0.462. The van der Waals surface area contributed by atoms with Gasteiger partial charge in [-0.05, 0) is 48.8 Å². The Morgan fingerprint density at radius 1 is 1.50 bits per heavy atom. The molecule has 0 saturated carbocycles. The fourth-order valence-corrected chi connectivity index (χ4v) is 2.11. The van der Waals surface area contributed by atoms with Crippen molar-refractivity contribution in [2.75, 3.05) is 11.9 Å². The summed E-state index contributed by atoms with van der Waals surface area (Å²) >= 11 is 3.40. The van der Waals surface area contributed by atoms with Crippen molar-refractivity contribution in [2.24, 2.45) is 0 Å². The number of anilines is 1. The third-order valence-electron chi connectivity index (χ3n) is 2.37. The van der Waals surface area contributed by atoms with Crippen molar-refractivity contribution in [1.29, 1.82) is 0 Å². The van der Waals surface area contributed by atoms with E-state index >= 15 is 0 Å². The molecule has 0 aromatic heterocycles. The number of benzene rings is 1. The van der Waals surface area contributed by atoms with Gasteiger partial charge in [-0.3, -0.25) is 0 Å². The van der Waals surface area contributed by atoms with Crippen LogP contribution in [0.5, 0.6) is 5.75 Å². The predicted octanol–water partition coefficient (Wildman–Crippen LogP) is 2.96. The zero-order valence-corrected chi connectivity index (χ0v) is 12.2. The van der Waals surface area contributed by atoms with Crippen LogP contribution in [0.2, 0.25) is 0 Å². The molecule has 1 aliphatic heterocycles. The van der Waals surface area contributed by atoms with E-state index in [0.29, 0.717) is 12.3 Å². The van der Waals surface area contributed by atoms with Gasteiger partial charge in [0.1, 0.15) is 5.60 Å². The topological polar surface area (TPSA) is 47.6 Å². The average Bonchev–Trinajstić information content (AvgIpc) is 2.27. The lowest BCUT2D eigenvalue weighted by molar-refractivity contribution is -0.162. The molecule has 0 saturated heterocycles. The molecule has 1 N–H and O–H groups in total. The number of ether oxygens (including phenoxy) is 2. The number of para-hydroxylation sites is 1. The van der Waals surface area contributed by atoms with Crippen LogP contribution in [0.1, 0.15) is 20.8 Å². The van der Waals surface area contributed by atoms with Crippen LogP contribution < -0.4 is 10.1 Å². The Morgan fingerprint density at radius 3 is 2.89 bits per heavy atom. The number of halogens is 1. The Balaban J connectivity index is 2.12. The standard InChI is InChI=1S/C13H16BrNO3/c1-13(2,3)18-12(16)10-7-15-9-6-4-5-8(14)11(9)17-10/h4-6,10,15H,7H2,1-3H3. The summed E-state index contributed by atoms with van der Waals surface area (Å²) in [6, 6.07) is 5.69. The van der Waals surface area contributed by atoms with Crippen LogP contribution in [0, 0.1) is 0 Å². The van der Waals surface area contributed by atoms with Crippen molar-refractivity contribution < 1.29 is 14.3 Å². The van der Waals surface area contributed by atoms with E-state index in [0.717, 1.165) is 10.2 Å². The molecule has 1 aromatic carbocycles. The summed E-state index contributed by atoms with van der Waals surface area (Å²) in [4.78, 5) is 11.9. The molecular formula is C13H16BrNO3. The van der Waals surface area contributed by atoms with Gasteiger partial charge in [-0.1, -0.05) is 6.07 Å². The molecular weight excluding hydrogens is 298 g/mol. The van der Waals surface area contributed by atoms with Crippen molar-refractivity contribution in [3.8, 4) is 5.75 Å². The molecule has 18 heavy (non-hydrogen) atoms. The molecule has 0 amide bonds. The summed E-state index contributed by atoms with van der Waals surface area (Å²) in [6.45, 7) is 5.93. The smallest absolute Gasteiger partial charge is 0.349 e. The third kappa shape index (κ3) is 2.96. The first-order valence-corrected chi connectivity index (χ1v) is 6.58. The van der Waals surface area contributed by atoms with Crippen LogP contribution >= 0.6 is 15.9 Å². The Morgan fingerprint density at radius 2 is 2.22 bits per heavy atom. The Labute approximate surface area is 115 Å². The Kier molecular flexibility index (Phi) is 3.52. The summed E-state index contributed by atoms with van der Waals surface area (Å²) in [6.07, 6.45) is -0.615. The van der Waals surface area contributed by atoms with Crippen LogP contribution in [0.15, 0.2) is 22.7 Å². The molecule has 0 spiro atoms. The zero-order chi connectivity index (χ0) is 13.3. The summed E-state index contributed by atoms with van der Waals surface area (Å²) < 4.78 is 11.8. The van der Waals surface area contributed by atoms with E-state index in [1.165, 1.54) is 0 Å². The third-order valence-corrected chi connectivity index (χ3v) is 3.00. The predicted molar refractivity (Wildman–Crippen MR) is 72.9 cm³/mol. The maximum Gasteiger partial charge on any atom is 0.349 e. The molecule has 2 rings (SSSR count). The number of hydrogen-bond acceptors (Lipinski definition) is 4. The number of rotatable bonds is 1. The maximum atomic E-state index is 11.9. The van der Waals surface area contributed by atoms with Gasteiger partial charge in [0, 0.05) is 0 Å². The first-order chi connectivity index (χ1) is 8.37. The van der Waals surface area contributed by atoms with Gasteiger partial charge in [-0.2, -0.15) is 0 Å². The number of esters is 1. The quantitative estimate of drug-likeness (QED) is 0.810. The number of carbonyl (C=O) groups excluding carboxylic acids is 1. The van der Waals surface area contributed by atoms with Crippen LogP contribution in [0.25, 0.3) is 0 Å². The average molecular weight is 314 g/mol. The number of carbonyl (C=O) groups is 1. The molecule has 0 bridgehead atoms. The highest BCUT2D eigenvalue weighted by atomic mass is 79.9. The van der Waals surface area contributed by atoms with Crippen LogP contribution in [-0.4, -0.2) is 24.2 Å². The molecule has 98 valence electrons. The maximum absolute atomic E-state index is 11.9. The lowest BCUT2D eigenvalue weighted by Crippen LogP contribution is -2.42. The highest BCUT2D eigenvalue weighted by molar-refractivity contribution is 9.10. The van der Waals surface area contributed by atoms with Crippen molar-refractivity contribution in [3.63, 3.8) is 0 Å². The number of hydrogen-bond donors (Lipinski definition) is 1. The zero-order valence-electron chi connectivity index (χ0n) is 10.6. The molecule has 0 aliphatic carbocycles. The lowest BCUT2D eigenvalue weighted by Gasteiger charge is -2.29. The molecule has 0 fully saturated rings. The highest BCUT2D eigenvalue weighted by Crippen LogP contribution is 2.36. The summed E-state index contributed by atoms with van der Waals surface area (Å²) in [5, 5.41) is 3.16. The normalized spacial score (nSPS) is 18.3. The SMILES string of the molecule is CC(C)(C)OC(=O)C1CNc2cccc(Br)c2O1. The first kappa shape index (κ1) is 13.2. The molecule has 4 nitrogen and oxygen atoms in total. The summed E-state index contributed by atoms with van der Waals surface area (Å²) in [5.74, 6) is 0.302. The molecule has 1 heterocycles. The fourth-order valence-electron chi connectivity index (χ4n) is 1.65. The van der Waals surface area contributed by atoms with Gasteiger partial charge in [0.2, 0.25) is 6.10 Å². The van der Waals surface area contributed by atoms with Crippen molar-refractivity contribution in [3.05, 3.63) is 22.7 Å². The van der Waals surface area contributed by atoms with Gasteiger partial charge in [0.05, 0.1) is 16.7 Å². The monoisotopic (exact) mass is 313 g/mol. The molecule has 1 aliphatic rings. The van der Waals surface area contributed by atoms with Gasteiger partial charge in [-0.25, -0.2) is 4.79 Å². The van der Waals surface area contributed by atoms with Gasteiger partial charge >= 0.3 is 5.97 Å². The molecule has 5 heteroatoms. The van der Waals surface area contributed by atoms with Crippen molar-refractivity contribution in [1.82, 2.24) is 0 Å². The summed E-state index contributed by atoms with van der Waals surface area (Å²) in [7, 11) is 0. The lowest BCUT2D eigenvalue weighted by atomic mass is 10.2. The first-order valence-electron chi connectivity index (χ1n) is 5.79. The largest absolute Gasteiger partial charge is 0.473 e. The van der Waals surface area contributed by atoms with Crippen molar-refractivity contribution in [2.45, 2.75) is 32.5 Å². The van der Waals surface area contributed by atoms with Crippen LogP contribution in [0.3, 0.4) is 0 Å². The molecule has 1 atom stereocenters. The van der Waals surface area contributed by atoms with Crippen LogP contribution in [0.4, 0.5) is 5.69 Å². The van der Waals surface area contributed by atoms with Gasteiger partial charge < -0.3 is 14.8 Å². The van der Waals surface area contributed by atoms with E-state index in [1.807, 2.05) is 39.0 Å². The minimum absolute atomic E-state index is 0.351.